The van der Waals surface area contributed by atoms with Crippen molar-refractivity contribution in [3.05, 3.63) is 58.6 Å². The highest BCUT2D eigenvalue weighted by Gasteiger charge is 2.22. The van der Waals surface area contributed by atoms with Crippen LogP contribution in [0.5, 0.6) is 0 Å². The lowest BCUT2D eigenvalue weighted by atomic mass is 10.2. The molecular formula is C19H21Cl2N3O3S. The molecule has 1 N–H and O–H groups in total. The number of sulfonamides is 1. The van der Waals surface area contributed by atoms with Gasteiger partial charge in [0.2, 0.25) is 15.9 Å². The maximum atomic E-state index is 12.4. The fourth-order valence-electron chi connectivity index (χ4n) is 3.01. The Bertz CT molecular complexity index is 910. The number of rotatable bonds is 6. The largest absolute Gasteiger partial charge is 0.368 e. The number of hydrogen-bond donors (Lipinski definition) is 1. The molecule has 1 aliphatic rings. The molecule has 0 saturated carbocycles. The molecule has 0 aromatic heterocycles. The maximum absolute atomic E-state index is 12.4. The van der Waals surface area contributed by atoms with Gasteiger partial charge in [0.05, 0.1) is 4.90 Å². The Morgan fingerprint density at radius 3 is 2.00 bits per heavy atom. The molecule has 1 amide bonds. The van der Waals surface area contributed by atoms with Crippen molar-refractivity contribution in [3.63, 3.8) is 0 Å². The highest BCUT2D eigenvalue weighted by atomic mass is 35.5. The molecular weight excluding hydrogens is 421 g/mol. The minimum absolute atomic E-state index is 0.0567. The number of benzene rings is 2. The molecule has 2 aromatic rings. The van der Waals surface area contributed by atoms with Gasteiger partial charge in [-0.1, -0.05) is 23.2 Å². The first-order valence-electron chi connectivity index (χ1n) is 8.89. The number of carbonyl (C=O) groups excluding carboxylic acids is 1. The van der Waals surface area contributed by atoms with E-state index in [1.54, 1.807) is 4.90 Å². The van der Waals surface area contributed by atoms with Gasteiger partial charge in [-0.25, -0.2) is 13.1 Å². The highest BCUT2D eigenvalue weighted by Crippen LogP contribution is 2.19. The SMILES string of the molecule is O=C(CCNS(=O)(=O)c1ccc(Cl)cc1)N1CCN(c2ccc(Cl)cc2)CC1. The Morgan fingerprint density at radius 1 is 0.893 bits per heavy atom. The number of nitrogens with zero attached hydrogens (tertiary/aromatic N) is 2. The van der Waals surface area contributed by atoms with Crippen molar-refractivity contribution in [1.29, 1.82) is 0 Å². The summed E-state index contributed by atoms with van der Waals surface area (Å²) in [5.74, 6) is -0.0606. The number of anilines is 1. The molecule has 0 aliphatic carbocycles. The van der Waals surface area contributed by atoms with Crippen LogP contribution in [0.3, 0.4) is 0 Å². The number of hydrogen-bond acceptors (Lipinski definition) is 4. The Balaban J connectivity index is 1.45. The van der Waals surface area contributed by atoms with Crippen molar-refractivity contribution in [1.82, 2.24) is 9.62 Å². The van der Waals surface area contributed by atoms with Crippen LogP contribution in [0.1, 0.15) is 6.42 Å². The molecule has 0 atom stereocenters. The first-order chi connectivity index (χ1) is 13.3. The molecule has 0 spiro atoms. The zero-order valence-electron chi connectivity index (χ0n) is 15.1. The van der Waals surface area contributed by atoms with Crippen molar-refractivity contribution >= 4 is 44.8 Å². The third kappa shape index (κ3) is 5.38. The molecule has 1 saturated heterocycles. The Hall–Kier alpha value is -1.80. The van der Waals surface area contributed by atoms with E-state index in [1.165, 1.54) is 24.3 Å². The zero-order valence-corrected chi connectivity index (χ0v) is 17.5. The van der Waals surface area contributed by atoms with Crippen LogP contribution in [0.4, 0.5) is 5.69 Å². The fraction of sp³-hybridized carbons (Fsp3) is 0.316. The second kappa shape index (κ2) is 9.13. The molecule has 1 fully saturated rings. The number of halogens is 2. The van der Waals surface area contributed by atoms with E-state index in [1.807, 2.05) is 24.3 Å². The molecule has 0 unspecified atom stereocenters. The van der Waals surface area contributed by atoms with Crippen LogP contribution in [-0.2, 0) is 14.8 Å². The molecule has 0 radical (unpaired) electrons. The lowest BCUT2D eigenvalue weighted by Crippen LogP contribution is -2.49. The van der Waals surface area contributed by atoms with Crippen molar-refractivity contribution in [2.45, 2.75) is 11.3 Å². The molecule has 3 rings (SSSR count). The summed E-state index contributed by atoms with van der Waals surface area (Å²) in [5, 5.41) is 1.16. The van der Waals surface area contributed by atoms with Crippen molar-refractivity contribution in [2.75, 3.05) is 37.6 Å². The van der Waals surface area contributed by atoms with Crippen LogP contribution in [0, 0.1) is 0 Å². The van der Waals surface area contributed by atoms with Gasteiger partial charge in [0, 0.05) is 54.9 Å². The van der Waals surface area contributed by atoms with Crippen LogP contribution >= 0.6 is 23.2 Å². The van der Waals surface area contributed by atoms with Crippen LogP contribution in [0.15, 0.2) is 53.4 Å². The van der Waals surface area contributed by atoms with E-state index in [0.717, 1.165) is 18.8 Å². The van der Waals surface area contributed by atoms with Gasteiger partial charge in [-0.15, -0.1) is 0 Å². The summed E-state index contributed by atoms with van der Waals surface area (Å²) in [6, 6.07) is 13.5. The van der Waals surface area contributed by atoms with Gasteiger partial charge in [0.1, 0.15) is 0 Å². The molecule has 1 heterocycles. The van der Waals surface area contributed by atoms with E-state index >= 15 is 0 Å². The fourth-order valence-corrected chi connectivity index (χ4v) is 4.30. The van der Waals surface area contributed by atoms with Gasteiger partial charge in [-0.3, -0.25) is 4.79 Å². The van der Waals surface area contributed by atoms with Gasteiger partial charge in [-0.2, -0.15) is 0 Å². The number of amides is 1. The molecule has 6 nitrogen and oxygen atoms in total. The highest BCUT2D eigenvalue weighted by molar-refractivity contribution is 7.89. The monoisotopic (exact) mass is 441 g/mol. The van der Waals surface area contributed by atoms with Crippen LogP contribution in [-0.4, -0.2) is 51.9 Å². The maximum Gasteiger partial charge on any atom is 0.240 e. The summed E-state index contributed by atoms with van der Waals surface area (Å²) >= 11 is 11.7. The lowest BCUT2D eigenvalue weighted by molar-refractivity contribution is -0.131. The third-order valence-corrected chi connectivity index (χ3v) is 6.56. The molecule has 150 valence electrons. The first-order valence-corrected chi connectivity index (χ1v) is 11.1. The average Bonchev–Trinajstić information content (AvgIpc) is 2.69. The first kappa shape index (κ1) is 20.9. The van der Waals surface area contributed by atoms with Crippen molar-refractivity contribution in [2.24, 2.45) is 0 Å². The molecule has 2 aromatic carbocycles. The van der Waals surface area contributed by atoms with Crippen molar-refractivity contribution in [3.8, 4) is 0 Å². The standard InChI is InChI=1S/C19H21Cl2N3O3S/c20-15-1-5-17(6-2-15)23-11-13-24(14-12-23)19(25)9-10-22-28(26,27)18-7-3-16(21)4-8-18/h1-8,22H,9-14H2. The summed E-state index contributed by atoms with van der Waals surface area (Å²) in [5.41, 5.74) is 1.08. The number of piperazine rings is 1. The van der Waals surface area contributed by atoms with E-state index in [-0.39, 0.29) is 23.8 Å². The molecule has 28 heavy (non-hydrogen) atoms. The predicted molar refractivity (Wildman–Crippen MR) is 112 cm³/mol. The summed E-state index contributed by atoms with van der Waals surface area (Å²) < 4.78 is 26.9. The van der Waals surface area contributed by atoms with Crippen LogP contribution in [0.25, 0.3) is 0 Å². The van der Waals surface area contributed by atoms with E-state index in [9.17, 15) is 13.2 Å². The lowest BCUT2D eigenvalue weighted by Gasteiger charge is -2.36. The topological polar surface area (TPSA) is 69.7 Å². The summed E-state index contributed by atoms with van der Waals surface area (Å²) in [7, 11) is -3.65. The summed E-state index contributed by atoms with van der Waals surface area (Å²) in [6.07, 6.45) is 0.119. The summed E-state index contributed by atoms with van der Waals surface area (Å²) in [4.78, 5) is 16.5. The van der Waals surface area contributed by atoms with E-state index in [4.69, 9.17) is 23.2 Å². The van der Waals surface area contributed by atoms with E-state index in [2.05, 4.69) is 9.62 Å². The molecule has 9 heteroatoms. The second-order valence-electron chi connectivity index (χ2n) is 6.45. The average molecular weight is 442 g/mol. The summed E-state index contributed by atoms with van der Waals surface area (Å²) in [6.45, 7) is 2.71. The zero-order chi connectivity index (χ0) is 20.1. The predicted octanol–water partition coefficient (Wildman–Crippen LogP) is 3.01. The van der Waals surface area contributed by atoms with Gasteiger partial charge in [0.25, 0.3) is 0 Å². The molecule has 1 aliphatic heterocycles. The van der Waals surface area contributed by atoms with Crippen LogP contribution in [0.2, 0.25) is 10.0 Å². The Kier molecular flexibility index (Phi) is 6.82. The van der Waals surface area contributed by atoms with Gasteiger partial charge in [-0.05, 0) is 48.5 Å². The van der Waals surface area contributed by atoms with Gasteiger partial charge >= 0.3 is 0 Å². The van der Waals surface area contributed by atoms with E-state index < -0.39 is 10.0 Å². The smallest absolute Gasteiger partial charge is 0.240 e. The minimum atomic E-state index is -3.65. The third-order valence-electron chi connectivity index (χ3n) is 4.58. The Morgan fingerprint density at radius 2 is 1.43 bits per heavy atom. The van der Waals surface area contributed by atoms with Gasteiger partial charge < -0.3 is 9.80 Å². The van der Waals surface area contributed by atoms with Gasteiger partial charge in [0.15, 0.2) is 0 Å². The normalized spacial score (nSPS) is 14.9. The van der Waals surface area contributed by atoms with E-state index in [0.29, 0.717) is 23.1 Å². The molecule has 0 bridgehead atoms. The van der Waals surface area contributed by atoms with Crippen molar-refractivity contribution < 1.29 is 13.2 Å². The minimum Gasteiger partial charge on any atom is -0.368 e. The Labute approximate surface area is 175 Å². The second-order valence-corrected chi connectivity index (χ2v) is 9.09. The number of nitrogens with one attached hydrogen (secondary N) is 1. The quantitative estimate of drug-likeness (QED) is 0.747. The van der Waals surface area contributed by atoms with Crippen LogP contribution < -0.4 is 9.62 Å². The number of carbonyl (C=O) groups is 1.